The number of carboxylic acids is 1. The minimum Gasteiger partial charge on any atom is -0.480 e. The minimum absolute atomic E-state index is 0.0980. The number of carbonyl (C=O) groups is 4. The van der Waals surface area contributed by atoms with Gasteiger partial charge in [-0.05, 0) is 32.1 Å². The molecular weight excluding hydrogens is 404 g/mol. The summed E-state index contributed by atoms with van der Waals surface area (Å²) in [5.41, 5.74) is 6.23. The Bertz CT molecular complexity index is 779. The van der Waals surface area contributed by atoms with Crippen LogP contribution in [0.4, 0.5) is 0 Å². The van der Waals surface area contributed by atoms with Gasteiger partial charge in [-0.15, -0.1) is 0 Å². The molecule has 0 aromatic carbocycles. The summed E-state index contributed by atoms with van der Waals surface area (Å²) in [5.74, 6) is -2.44. The topological polar surface area (TPSA) is 171 Å². The first kappa shape index (κ1) is 24.3. The first-order valence-electron chi connectivity index (χ1n) is 10.5. The molecule has 1 aromatic rings. The molecule has 11 nitrogen and oxygen atoms in total. The molecule has 0 bridgehead atoms. The lowest BCUT2D eigenvalue weighted by atomic mass is 10.0. The average Bonchev–Trinajstić information content (AvgIpc) is 3.37. The van der Waals surface area contributed by atoms with Gasteiger partial charge in [0.1, 0.15) is 18.1 Å². The van der Waals surface area contributed by atoms with E-state index >= 15 is 0 Å². The van der Waals surface area contributed by atoms with Gasteiger partial charge in [-0.1, -0.05) is 13.8 Å². The van der Waals surface area contributed by atoms with Crippen LogP contribution in [0.2, 0.25) is 0 Å². The summed E-state index contributed by atoms with van der Waals surface area (Å²) in [4.78, 5) is 58.0. The molecule has 1 fully saturated rings. The van der Waals surface area contributed by atoms with Crippen LogP contribution in [0.5, 0.6) is 0 Å². The van der Waals surface area contributed by atoms with Gasteiger partial charge in [0, 0.05) is 24.9 Å². The van der Waals surface area contributed by atoms with Crippen LogP contribution in [0.3, 0.4) is 0 Å². The van der Waals surface area contributed by atoms with Gasteiger partial charge in [-0.2, -0.15) is 0 Å². The number of nitrogens with two attached hydrogens (primary N) is 1. The Morgan fingerprint density at radius 1 is 1.23 bits per heavy atom. The summed E-state index contributed by atoms with van der Waals surface area (Å²) in [7, 11) is 0. The number of amides is 3. The van der Waals surface area contributed by atoms with Gasteiger partial charge in [-0.25, -0.2) is 9.78 Å². The van der Waals surface area contributed by atoms with E-state index in [4.69, 9.17) is 5.73 Å². The molecule has 1 saturated heterocycles. The summed E-state index contributed by atoms with van der Waals surface area (Å²) in [5, 5.41) is 14.8. The number of aliphatic carboxylic acids is 1. The number of nitrogens with one attached hydrogen (secondary N) is 3. The van der Waals surface area contributed by atoms with Crippen LogP contribution in [-0.2, 0) is 25.6 Å². The second kappa shape index (κ2) is 10.9. The molecular formula is C20H32N6O5. The normalized spacial score (nSPS) is 19.0. The molecule has 31 heavy (non-hydrogen) atoms. The Labute approximate surface area is 181 Å². The molecule has 4 unspecified atom stereocenters. The van der Waals surface area contributed by atoms with Gasteiger partial charge in [0.25, 0.3) is 0 Å². The number of carboxylic acid groups (broad SMARTS) is 1. The van der Waals surface area contributed by atoms with Gasteiger partial charge in [0.05, 0.1) is 12.4 Å². The van der Waals surface area contributed by atoms with E-state index in [1.807, 2.05) is 13.8 Å². The summed E-state index contributed by atoms with van der Waals surface area (Å²) in [6, 6.07) is -3.58. The number of imidazole rings is 1. The number of nitrogens with zero attached hydrogens (tertiary/aromatic N) is 2. The number of aromatic amines is 1. The maximum Gasteiger partial charge on any atom is 0.326 e. The third-order valence-corrected chi connectivity index (χ3v) is 5.17. The van der Waals surface area contributed by atoms with Crippen LogP contribution in [0.15, 0.2) is 12.5 Å². The highest BCUT2D eigenvalue weighted by Gasteiger charge is 2.38. The van der Waals surface area contributed by atoms with E-state index in [1.165, 1.54) is 24.3 Å². The van der Waals surface area contributed by atoms with Crippen LogP contribution in [0.1, 0.15) is 45.7 Å². The molecule has 0 saturated carbocycles. The minimum atomic E-state index is -1.07. The molecule has 6 N–H and O–H groups in total. The SMILES string of the molecule is CC(C)CC(NC(=O)C(C)N)C(=O)NC(Cc1cnc[nH]1)C(=O)N1CCCC1C(=O)O. The van der Waals surface area contributed by atoms with E-state index in [0.29, 0.717) is 31.5 Å². The van der Waals surface area contributed by atoms with E-state index in [9.17, 15) is 24.3 Å². The van der Waals surface area contributed by atoms with Crippen molar-refractivity contribution in [3.05, 3.63) is 18.2 Å². The van der Waals surface area contributed by atoms with Gasteiger partial charge in [0.15, 0.2) is 0 Å². The lowest BCUT2D eigenvalue weighted by Crippen LogP contribution is -2.57. The zero-order valence-electron chi connectivity index (χ0n) is 18.1. The standard InChI is InChI=1S/C20H32N6O5/c1-11(2)7-14(24-17(27)12(3)21)18(28)25-15(8-13-9-22-10-23-13)19(29)26-6-4-5-16(26)20(30)31/h9-12,14-16H,4-8,21H2,1-3H3,(H,22,23)(H,24,27)(H,25,28)(H,30,31). The Kier molecular flexibility index (Phi) is 8.55. The number of hydrogen-bond acceptors (Lipinski definition) is 6. The number of hydrogen-bond donors (Lipinski definition) is 5. The van der Waals surface area contributed by atoms with Crippen LogP contribution in [-0.4, -0.2) is 74.4 Å². The molecule has 172 valence electrons. The highest BCUT2D eigenvalue weighted by Crippen LogP contribution is 2.19. The third kappa shape index (κ3) is 6.78. The second-order valence-electron chi connectivity index (χ2n) is 8.35. The summed E-state index contributed by atoms with van der Waals surface area (Å²) in [6.07, 6.45) is 4.41. The summed E-state index contributed by atoms with van der Waals surface area (Å²) >= 11 is 0. The Hall–Kier alpha value is -2.95. The lowest BCUT2D eigenvalue weighted by Gasteiger charge is -2.29. The molecule has 1 aromatic heterocycles. The zero-order valence-corrected chi connectivity index (χ0v) is 18.1. The molecule has 4 atom stereocenters. The zero-order chi connectivity index (χ0) is 23.1. The van der Waals surface area contributed by atoms with E-state index in [-0.39, 0.29) is 12.3 Å². The van der Waals surface area contributed by atoms with Crippen LogP contribution >= 0.6 is 0 Å². The average molecular weight is 437 g/mol. The van der Waals surface area contributed by atoms with E-state index in [2.05, 4.69) is 20.6 Å². The molecule has 0 aliphatic carbocycles. The van der Waals surface area contributed by atoms with Crippen LogP contribution < -0.4 is 16.4 Å². The fraction of sp³-hybridized carbons (Fsp3) is 0.650. The maximum atomic E-state index is 13.2. The fourth-order valence-electron chi connectivity index (χ4n) is 3.58. The maximum absolute atomic E-state index is 13.2. The number of likely N-dealkylation sites (tertiary alicyclic amines) is 1. The smallest absolute Gasteiger partial charge is 0.326 e. The van der Waals surface area contributed by atoms with Crippen LogP contribution in [0.25, 0.3) is 0 Å². The van der Waals surface area contributed by atoms with Gasteiger partial charge >= 0.3 is 5.97 Å². The third-order valence-electron chi connectivity index (χ3n) is 5.17. The predicted molar refractivity (Wildman–Crippen MR) is 112 cm³/mol. The number of aromatic nitrogens is 2. The summed E-state index contributed by atoms with van der Waals surface area (Å²) in [6.45, 7) is 5.64. The van der Waals surface area contributed by atoms with Gasteiger partial charge in [0.2, 0.25) is 17.7 Å². The van der Waals surface area contributed by atoms with Crippen LogP contribution in [0, 0.1) is 5.92 Å². The Morgan fingerprint density at radius 3 is 2.45 bits per heavy atom. The van der Waals surface area contributed by atoms with Crippen molar-refractivity contribution in [2.75, 3.05) is 6.54 Å². The van der Waals surface area contributed by atoms with Gasteiger partial charge in [-0.3, -0.25) is 14.4 Å². The van der Waals surface area contributed by atoms with Crippen molar-refractivity contribution in [1.82, 2.24) is 25.5 Å². The Balaban J connectivity index is 2.21. The van der Waals surface area contributed by atoms with Crippen molar-refractivity contribution in [1.29, 1.82) is 0 Å². The molecule has 1 aliphatic heterocycles. The largest absolute Gasteiger partial charge is 0.480 e. The van der Waals surface area contributed by atoms with Crippen molar-refractivity contribution >= 4 is 23.7 Å². The van der Waals surface area contributed by atoms with Crippen molar-refractivity contribution in [2.24, 2.45) is 11.7 Å². The molecule has 11 heteroatoms. The molecule has 1 aliphatic rings. The molecule has 3 amide bonds. The fourth-order valence-corrected chi connectivity index (χ4v) is 3.58. The highest BCUT2D eigenvalue weighted by molar-refractivity contribution is 5.94. The first-order valence-corrected chi connectivity index (χ1v) is 10.5. The predicted octanol–water partition coefficient (Wildman–Crippen LogP) is -0.609. The summed E-state index contributed by atoms with van der Waals surface area (Å²) < 4.78 is 0. The molecule has 0 spiro atoms. The highest BCUT2D eigenvalue weighted by atomic mass is 16.4. The van der Waals surface area contributed by atoms with E-state index in [0.717, 1.165) is 0 Å². The molecule has 2 rings (SSSR count). The molecule has 2 heterocycles. The van der Waals surface area contributed by atoms with Crippen molar-refractivity contribution in [3.63, 3.8) is 0 Å². The molecule has 0 radical (unpaired) electrons. The van der Waals surface area contributed by atoms with E-state index in [1.54, 1.807) is 0 Å². The van der Waals surface area contributed by atoms with Gasteiger partial charge < -0.3 is 31.4 Å². The Morgan fingerprint density at radius 2 is 1.90 bits per heavy atom. The number of H-pyrrole nitrogens is 1. The monoisotopic (exact) mass is 436 g/mol. The first-order chi connectivity index (χ1) is 14.6. The number of rotatable bonds is 10. The number of carbonyl (C=O) groups excluding carboxylic acids is 3. The second-order valence-corrected chi connectivity index (χ2v) is 8.35. The quantitative estimate of drug-likeness (QED) is 0.326. The lowest BCUT2D eigenvalue weighted by molar-refractivity contribution is -0.149. The van der Waals surface area contributed by atoms with Crippen molar-refractivity contribution in [3.8, 4) is 0 Å². The van der Waals surface area contributed by atoms with Crippen molar-refractivity contribution < 1.29 is 24.3 Å². The van der Waals surface area contributed by atoms with Crippen molar-refractivity contribution in [2.45, 2.75) is 70.6 Å². The van der Waals surface area contributed by atoms with E-state index < -0.39 is 47.9 Å².